The van der Waals surface area contributed by atoms with Crippen LogP contribution in [0.4, 0.5) is 5.69 Å². The minimum Gasteiger partial charge on any atom is -0.397 e. The van der Waals surface area contributed by atoms with Crippen molar-refractivity contribution in [1.82, 2.24) is 10.3 Å². The van der Waals surface area contributed by atoms with Gasteiger partial charge in [0.1, 0.15) is 5.69 Å². The molecule has 0 aliphatic heterocycles. The number of aromatic nitrogens is 1. The molecule has 21 heavy (non-hydrogen) atoms. The monoisotopic (exact) mass is 287 g/mol. The Morgan fingerprint density at radius 2 is 2.24 bits per heavy atom. The average Bonchev–Trinajstić information content (AvgIpc) is 2.88. The van der Waals surface area contributed by atoms with Gasteiger partial charge >= 0.3 is 0 Å². The fourth-order valence-electron chi connectivity index (χ4n) is 3.07. The summed E-state index contributed by atoms with van der Waals surface area (Å²) in [6.07, 6.45) is 1.04. The summed E-state index contributed by atoms with van der Waals surface area (Å²) in [5, 5.41) is 4.02. The van der Waals surface area contributed by atoms with E-state index in [4.69, 9.17) is 10.5 Å². The van der Waals surface area contributed by atoms with Crippen LogP contribution in [-0.2, 0) is 4.74 Å². The topological polar surface area (TPSA) is 80.1 Å². The molecule has 0 saturated heterocycles. The first-order valence-corrected chi connectivity index (χ1v) is 7.14. The number of para-hydroxylation sites is 1. The summed E-state index contributed by atoms with van der Waals surface area (Å²) < 4.78 is 5.41. The van der Waals surface area contributed by atoms with Crippen molar-refractivity contribution >= 4 is 22.5 Å². The number of methoxy groups -OCH3 is 1. The molecule has 4 N–H and O–H groups in total. The Morgan fingerprint density at radius 1 is 1.48 bits per heavy atom. The first-order chi connectivity index (χ1) is 9.93. The molecule has 0 spiro atoms. The van der Waals surface area contributed by atoms with Gasteiger partial charge in [-0.15, -0.1) is 0 Å². The number of hydrogen-bond donors (Lipinski definition) is 3. The zero-order valence-corrected chi connectivity index (χ0v) is 12.6. The van der Waals surface area contributed by atoms with Crippen molar-refractivity contribution in [2.75, 3.05) is 12.8 Å². The summed E-state index contributed by atoms with van der Waals surface area (Å²) in [7, 11) is 1.71. The van der Waals surface area contributed by atoms with Crippen LogP contribution in [0.15, 0.2) is 24.3 Å². The van der Waals surface area contributed by atoms with Gasteiger partial charge in [-0.3, -0.25) is 4.79 Å². The minimum atomic E-state index is -0.0989. The van der Waals surface area contributed by atoms with Crippen molar-refractivity contribution in [2.24, 2.45) is 5.41 Å². The van der Waals surface area contributed by atoms with E-state index in [-0.39, 0.29) is 23.5 Å². The SMILES string of the molecule is COC1CC(NC(=O)c2cc3cccc(N)c3[nH]2)C1(C)C. The zero-order valence-electron chi connectivity index (χ0n) is 12.6. The van der Waals surface area contributed by atoms with Crippen molar-refractivity contribution in [3.63, 3.8) is 0 Å². The molecule has 112 valence electrons. The van der Waals surface area contributed by atoms with Gasteiger partial charge in [-0.05, 0) is 18.6 Å². The van der Waals surface area contributed by atoms with Gasteiger partial charge in [0, 0.05) is 24.0 Å². The molecule has 0 radical (unpaired) electrons. The van der Waals surface area contributed by atoms with Crippen molar-refractivity contribution in [2.45, 2.75) is 32.4 Å². The third-order valence-corrected chi connectivity index (χ3v) is 4.70. The van der Waals surface area contributed by atoms with Gasteiger partial charge in [0.2, 0.25) is 0 Å². The lowest BCUT2D eigenvalue weighted by Gasteiger charge is -2.51. The molecule has 1 saturated carbocycles. The molecule has 1 heterocycles. The molecule has 3 rings (SSSR count). The number of hydrogen-bond acceptors (Lipinski definition) is 3. The molecule has 1 aliphatic rings. The smallest absolute Gasteiger partial charge is 0.267 e. The fourth-order valence-corrected chi connectivity index (χ4v) is 3.07. The van der Waals surface area contributed by atoms with Crippen LogP contribution in [0.3, 0.4) is 0 Å². The first-order valence-electron chi connectivity index (χ1n) is 7.14. The van der Waals surface area contributed by atoms with Crippen LogP contribution in [0.1, 0.15) is 30.8 Å². The number of rotatable bonds is 3. The van der Waals surface area contributed by atoms with Crippen LogP contribution in [0, 0.1) is 5.41 Å². The highest BCUT2D eigenvalue weighted by molar-refractivity contribution is 6.01. The molecule has 5 nitrogen and oxygen atoms in total. The second kappa shape index (κ2) is 4.77. The quantitative estimate of drug-likeness (QED) is 0.758. The van der Waals surface area contributed by atoms with Crippen molar-refractivity contribution in [3.8, 4) is 0 Å². The number of nitrogen functional groups attached to an aromatic ring is 1. The number of nitrogens with one attached hydrogen (secondary N) is 2. The molecule has 1 amide bonds. The van der Waals surface area contributed by atoms with Gasteiger partial charge in [0.25, 0.3) is 5.91 Å². The molecule has 5 heteroatoms. The molecule has 2 unspecified atom stereocenters. The summed E-state index contributed by atoms with van der Waals surface area (Å²) in [5.41, 5.74) is 7.86. The summed E-state index contributed by atoms with van der Waals surface area (Å²) in [6, 6.07) is 7.59. The fraction of sp³-hybridized carbons (Fsp3) is 0.438. The van der Waals surface area contributed by atoms with E-state index in [0.717, 1.165) is 17.3 Å². The number of nitrogens with two attached hydrogens (primary N) is 1. The maximum Gasteiger partial charge on any atom is 0.267 e. The highest BCUT2D eigenvalue weighted by Gasteiger charge is 2.49. The molecular weight excluding hydrogens is 266 g/mol. The number of anilines is 1. The van der Waals surface area contributed by atoms with Gasteiger partial charge in [-0.1, -0.05) is 26.0 Å². The van der Waals surface area contributed by atoms with Crippen molar-refractivity contribution in [3.05, 3.63) is 30.0 Å². The Balaban J connectivity index is 1.78. The van der Waals surface area contributed by atoms with Crippen LogP contribution in [0.25, 0.3) is 10.9 Å². The lowest BCUT2D eigenvalue weighted by Crippen LogP contribution is -2.61. The number of fused-ring (bicyclic) bond motifs is 1. The largest absolute Gasteiger partial charge is 0.397 e. The maximum absolute atomic E-state index is 12.4. The third kappa shape index (κ3) is 2.17. The highest BCUT2D eigenvalue weighted by Crippen LogP contribution is 2.42. The van der Waals surface area contributed by atoms with Gasteiger partial charge < -0.3 is 20.8 Å². The van der Waals surface area contributed by atoms with Crippen LogP contribution >= 0.6 is 0 Å². The second-order valence-electron chi connectivity index (χ2n) is 6.30. The Bertz CT molecular complexity index is 690. The number of aromatic amines is 1. The van der Waals surface area contributed by atoms with E-state index in [0.29, 0.717) is 11.4 Å². The van der Waals surface area contributed by atoms with E-state index in [1.165, 1.54) is 0 Å². The zero-order chi connectivity index (χ0) is 15.2. The number of carbonyl (C=O) groups excluding carboxylic acids is 1. The van der Waals surface area contributed by atoms with E-state index in [1.807, 2.05) is 24.3 Å². The molecule has 0 bridgehead atoms. The number of benzene rings is 1. The molecule has 1 aromatic carbocycles. The molecule has 1 aromatic heterocycles. The molecule has 1 aliphatic carbocycles. The van der Waals surface area contributed by atoms with Crippen LogP contribution < -0.4 is 11.1 Å². The van der Waals surface area contributed by atoms with Crippen molar-refractivity contribution < 1.29 is 9.53 Å². The third-order valence-electron chi connectivity index (χ3n) is 4.70. The maximum atomic E-state index is 12.4. The van der Waals surface area contributed by atoms with E-state index >= 15 is 0 Å². The van der Waals surface area contributed by atoms with Gasteiger partial charge in [-0.25, -0.2) is 0 Å². The van der Waals surface area contributed by atoms with E-state index in [1.54, 1.807) is 7.11 Å². The number of ether oxygens (including phenoxy) is 1. The molecule has 1 fully saturated rings. The lowest BCUT2D eigenvalue weighted by molar-refractivity contribution is -0.0942. The summed E-state index contributed by atoms with van der Waals surface area (Å²) in [5.74, 6) is -0.0989. The summed E-state index contributed by atoms with van der Waals surface area (Å²) in [6.45, 7) is 4.22. The average molecular weight is 287 g/mol. The number of H-pyrrole nitrogens is 1. The van der Waals surface area contributed by atoms with Gasteiger partial charge in [-0.2, -0.15) is 0 Å². The number of amides is 1. The standard InChI is InChI=1S/C16H21N3O2/c1-16(2)12(8-13(16)21-3)19-15(20)11-7-9-5-4-6-10(17)14(9)18-11/h4-7,12-13,18H,8,17H2,1-3H3,(H,19,20). The Labute approximate surface area is 123 Å². The predicted octanol–water partition coefficient (Wildman–Crippen LogP) is 2.29. The molecule has 2 aromatic rings. The normalized spacial score (nSPS) is 23.8. The minimum absolute atomic E-state index is 0.0462. The van der Waals surface area contributed by atoms with Crippen LogP contribution in [0.5, 0.6) is 0 Å². The Hall–Kier alpha value is -2.01. The van der Waals surface area contributed by atoms with E-state index in [9.17, 15) is 4.79 Å². The van der Waals surface area contributed by atoms with Gasteiger partial charge in [0.15, 0.2) is 0 Å². The lowest BCUT2D eigenvalue weighted by atomic mass is 9.64. The summed E-state index contributed by atoms with van der Waals surface area (Å²) >= 11 is 0. The van der Waals surface area contributed by atoms with Crippen molar-refractivity contribution in [1.29, 1.82) is 0 Å². The van der Waals surface area contributed by atoms with Crippen LogP contribution in [-0.4, -0.2) is 30.1 Å². The van der Waals surface area contributed by atoms with E-state index in [2.05, 4.69) is 24.1 Å². The first kappa shape index (κ1) is 13.9. The Kier molecular flexibility index (Phi) is 3.17. The molecule has 2 atom stereocenters. The Morgan fingerprint density at radius 3 is 2.86 bits per heavy atom. The van der Waals surface area contributed by atoms with Crippen LogP contribution in [0.2, 0.25) is 0 Å². The highest BCUT2D eigenvalue weighted by atomic mass is 16.5. The summed E-state index contributed by atoms with van der Waals surface area (Å²) in [4.78, 5) is 15.5. The second-order valence-corrected chi connectivity index (χ2v) is 6.30. The predicted molar refractivity (Wildman–Crippen MR) is 83.2 cm³/mol. The van der Waals surface area contributed by atoms with Gasteiger partial charge in [0.05, 0.1) is 17.3 Å². The molecular formula is C16H21N3O2. The number of carbonyl (C=O) groups is 1. The van der Waals surface area contributed by atoms with E-state index < -0.39 is 0 Å².